The molecule has 1 aliphatic carbocycles. The van der Waals surface area contributed by atoms with Crippen LogP contribution in [0.15, 0.2) is 35.2 Å². The van der Waals surface area contributed by atoms with Crippen molar-refractivity contribution in [1.29, 1.82) is 0 Å². The van der Waals surface area contributed by atoms with Crippen LogP contribution in [-0.4, -0.2) is 27.8 Å². The van der Waals surface area contributed by atoms with Crippen LogP contribution >= 0.6 is 11.8 Å². The first-order valence-electron chi connectivity index (χ1n) is 7.72. The van der Waals surface area contributed by atoms with Crippen LogP contribution in [0, 0.1) is 5.92 Å². The van der Waals surface area contributed by atoms with E-state index < -0.39 is 16.6 Å². The summed E-state index contributed by atoms with van der Waals surface area (Å²) in [7, 11) is 0. The highest BCUT2D eigenvalue weighted by Gasteiger charge is 2.43. The predicted octanol–water partition coefficient (Wildman–Crippen LogP) is 3.32. The summed E-state index contributed by atoms with van der Waals surface area (Å²) in [5.74, 6) is -1.51. The molecule has 0 spiro atoms. The van der Waals surface area contributed by atoms with Gasteiger partial charge in [-0.3, -0.25) is 9.59 Å². The molecule has 22 heavy (non-hydrogen) atoms. The van der Waals surface area contributed by atoms with E-state index in [1.165, 1.54) is 0 Å². The van der Waals surface area contributed by atoms with Gasteiger partial charge in [0.25, 0.3) is 0 Å². The molecule has 1 aromatic carbocycles. The van der Waals surface area contributed by atoms with Crippen LogP contribution in [0.2, 0.25) is 0 Å². The van der Waals surface area contributed by atoms with E-state index >= 15 is 0 Å². The average molecular weight is 321 g/mol. The molecule has 0 aromatic heterocycles. The summed E-state index contributed by atoms with van der Waals surface area (Å²) in [6, 6.07) is 9.56. The minimum absolute atomic E-state index is 0.0283. The summed E-state index contributed by atoms with van der Waals surface area (Å²) in [6.07, 6.45) is 3.76. The Hall–Kier alpha value is -1.49. The number of nitrogens with one attached hydrogen (secondary N) is 1. The second-order valence-corrected chi connectivity index (χ2v) is 7.46. The van der Waals surface area contributed by atoms with Gasteiger partial charge < -0.3 is 10.4 Å². The number of hydrogen-bond acceptors (Lipinski definition) is 3. The first kappa shape index (κ1) is 16.9. The number of carbonyl (C=O) groups excluding carboxylic acids is 1. The quantitative estimate of drug-likeness (QED) is 0.843. The van der Waals surface area contributed by atoms with E-state index in [9.17, 15) is 9.59 Å². The van der Waals surface area contributed by atoms with Crippen molar-refractivity contribution in [3.05, 3.63) is 30.3 Å². The number of thioether (sulfide) groups is 1. The van der Waals surface area contributed by atoms with Crippen molar-refractivity contribution in [2.45, 2.75) is 55.2 Å². The van der Waals surface area contributed by atoms with Gasteiger partial charge in [-0.25, -0.2) is 0 Å². The van der Waals surface area contributed by atoms with E-state index in [0.29, 0.717) is 0 Å². The molecular formula is C17H23NO3S. The lowest BCUT2D eigenvalue weighted by Gasteiger charge is -2.30. The molecule has 0 bridgehead atoms. The van der Waals surface area contributed by atoms with Crippen LogP contribution in [-0.2, 0) is 9.59 Å². The standard InChI is InChI=1S/C17H23NO3S/c1-12(15(19)20)13(2)18-16(21)17(10-6-7-11-17)22-14-8-4-3-5-9-14/h3-5,8-9,12-13H,6-7,10-11H2,1-2H3,(H,18,21)(H,19,20). The number of carboxylic acids is 1. The molecule has 1 saturated carbocycles. The van der Waals surface area contributed by atoms with Crippen LogP contribution < -0.4 is 5.32 Å². The minimum Gasteiger partial charge on any atom is -0.481 e. The normalized spacial score (nSPS) is 19.4. The second kappa shape index (κ2) is 7.18. The SMILES string of the molecule is CC(NC(=O)C1(Sc2ccccc2)CCCC1)C(C)C(=O)O. The Bertz CT molecular complexity index is 526. The topological polar surface area (TPSA) is 66.4 Å². The molecule has 0 saturated heterocycles. The number of aliphatic carboxylic acids is 1. The zero-order valence-electron chi connectivity index (χ0n) is 13.0. The maximum Gasteiger partial charge on any atom is 0.308 e. The maximum absolute atomic E-state index is 12.8. The molecule has 2 rings (SSSR count). The van der Waals surface area contributed by atoms with Gasteiger partial charge in [-0.15, -0.1) is 11.8 Å². The molecule has 0 aliphatic heterocycles. The fourth-order valence-corrected chi connectivity index (χ4v) is 4.10. The van der Waals surface area contributed by atoms with Crippen LogP contribution in [0.3, 0.4) is 0 Å². The zero-order chi connectivity index (χ0) is 16.2. The van der Waals surface area contributed by atoms with E-state index in [2.05, 4.69) is 5.32 Å². The second-order valence-electron chi connectivity index (χ2n) is 6.01. The van der Waals surface area contributed by atoms with Crippen molar-refractivity contribution >= 4 is 23.6 Å². The number of benzene rings is 1. The van der Waals surface area contributed by atoms with Crippen LogP contribution in [0.5, 0.6) is 0 Å². The Labute approximate surface area is 135 Å². The van der Waals surface area contributed by atoms with Crippen molar-refractivity contribution in [3.63, 3.8) is 0 Å². The van der Waals surface area contributed by atoms with Gasteiger partial charge in [-0.1, -0.05) is 31.0 Å². The van der Waals surface area contributed by atoms with Gasteiger partial charge in [0.05, 0.1) is 10.7 Å². The highest BCUT2D eigenvalue weighted by molar-refractivity contribution is 8.01. The van der Waals surface area contributed by atoms with E-state index in [1.54, 1.807) is 25.6 Å². The van der Waals surface area contributed by atoms with Gasteiger partial charge in [0, 0.05) is 10.9 Å². The summed E-state index contributed by atoms with van der Waals surface area (Å²) in [5.41, 5.74) is 0. The summed E-state index contributed by atoms with van der Waals surface area (Å²) >= 11 is 1.61. The van der Waals surface area contributed by atoms with Crippen LogP contribution in [0.4, 0.5) is 0 Å². The van der Waals surface area contributed by atoms with Gasteiger partial charge in [0.2, 0.25) is 5.91 Å². The van der Waals surface area contributed by atoms with E-state index in [4.69, 9.17) is 5.11 Å². The zero-order valence-corrected chi connectivity index (χ0v) is 13.9. The smallest absolute Gasteiger partial charge is 0.308 e. The van der Waals surface area contributed by atoms with Gasteiger partial charge >= 0.3 is 5.97 Å². The molecule has 2 unspecified atom stereocenters. The van der Waals surface area contributed by atoms with Gasteiger partial charge in [0.1, 0.15) is 0 Å². The largest absolute Gasteiger partial charge is 0.481 e. The lowest BCUT2D eigenvalue weighted by molar-refractivity contribution is -0.142. The molecule has 1 fully saturated rings. The van der Waals surface area contributed by atoms with Crippen LogP contribution in [0.25, 0.3) is 0 Å². The maximum atomic E-state index is 12.8. The van der Waals surface area contributed by atoms with E-state index in [1.807, 2.05) is 30.3 Å². The monoisotopic (exact) mass is 321 g/mol. The number of amides is 1. The number of carboxylic acid groups (broad SMARTS) is 1. The summed E-state index contributed by atoms with van der Waals surface area (Å²) in [4.78, 5) is 24.9. The van der Waals surface area contributed by atoms with Gasteiger partial charge in [-0.05, 0) is 38.8 Å². The van der Waals surface area contributed by atoms with Gasteiger partial charge in [0.15, 0.2) is 0 Å². The first-order valence-corrected chi connectivity index (χ1v) is 8.54. The van der Waals surface area contributed by atoms with Crippen LogP contribution in [0.1, 0.15) is 39.5 Å². The predicted molar refractivity (Wildman–Crippen MR) is 87.9 cm³/mol. The Morgan fingerprint density at radius 1 is 1.18 bits per heavy atom. The molecule has 2 atom stereocenters. The summed E-state index contributed by atoms with van der Waals surface area (Å²) in [6.45, 7) is 3.38. The van der Waals surface area contributed by atoms with Crippen molar-refractivity contribution in [1.82, 2.24) is 5.32 Å². The minimum atomic E-state index is -0.885. The molecule has 120 valence electrons. The van der Waals surface area contributed by atoms with Crippen molar-refractivity contribution in [3.8, 4) is 0 Å². The van der Waals surface area contributed by atoms with E-state index in [-0.39, 0.29) is 11.9 Å². The third kappa shape index (κ3) is 3.83. The number of rotatable bonds is 6. The molecule has 0 heterocycles. The van der Waals surface area contributed by atoms with Crippen molar-refractivity contribution < 1.29 is 14.7 Å². The molecule has 1 aromatic rings. The highest BCUT2D eigenvalue weighted by atomic mass is 32.2. The molecule has 2 N–H and O–H groups in total. The van der Waals surface area contributed by atoms with Crippen molar-refractivity contribution in [2.24, 2.45) is 5.92 Å². The highest BCUT2D eigenvalue weighted by Crippen LogP contribution is 2.45. The number of carbonyl (C=O) groups is 2. The first-order chi connectivity index (χ1) is 10.4. The molecule has 1 aliphatic rings. The third-order valence-corrected chi connectivity index (χ3v) is 5.87. The number of hydrogen-bond donors (Lipinski definition) is 2. The lowest BCUT2D eigenvalue weighted by atomic mass is 10.0. The molecule has 4 nitrogen and oxygen atoms in total. The van der Waals surface area contributed by atoms with Gasteiger partial charge in [-0.2, -0.15) is 0 Å². The Morgan fingerprint density at radius 2 is 1.77 bits per heavy atom. The third-order valence-electron chi connectivity index (χ3n) is 4.38. The van der Waals surface area contributed by atoms with E-state index in [0.717, 1.165) is 30.6 Å². The molecule has 5 heteroatoms. The Kier molecular flexibility index (Phi) is 5.51. The summed E-state index contributed by atoms with van der Waals surface area (Å²) in [5, 5.41) is 12.0. The Balaban J connectivity index is 2.10. The molecule has 0 radical (unpaired) electrons. The Morgan fingerprint density at radius 3 is 2.32 bits per heavy atom. The summed E-state index contributed by atoms with van der Waals surface area (Å²) < 4.78 is -0.464. The lowest BCUT2D eigenvalue weighted by Crippen LogP contribution is -2.49. The average Bonchev–Trinajstić information content (AvgIpc) is 2.97. The molecular weight excluding hydrogens is 298 g/mol. The fraction of sp³-hybridized carbons (Fsp3) is 0.529. The fourth-order valence-electron chi connectivity index (χ4n) is 2.71. The van der Waals surface area contributed by atoms with Crippen molar-refractivity contribution in [2.75, 3.05) is 0 Å². The molecule has 1 amide bonds.